The lowest BCUT2D eigenvalue weighted by molar-refractivity contribution is -0.132. The normalized spacial score (nSPS) is 19.5. The van der Waals surface area contributed by atoms with Crippen LogP contribution in [0.1, 0.15) is 67.0 Å². The molecule has 1 atom stereocenters. The fourth-order valence-corrected chi connectivity index (χ4v) is 4.69. The summed E-state index contributed by atoms with van der Waals surface area (Å²) in [6.07, 6.45) is 5.24. The van der Waals surface area contributed by atoms with Gasteiger partial charge < -0.3 is 10.2 Å². The van der Waals surface area contributed by atoms with Gasteiger partial charge in [-0.2, -0.15) is 0 Å². The molecule has 2 amide bonds. The summed E-state index contributed by atoms with van der Waals surface area (Å²) >= 11 is 0. The van der Waals surface area contributed by atoms with E-state index in [9.17, 15) is 14.0 Å². The van der Waals surface area contributed by atoms with Crippen LogP contribution < -0.4 is 5.32 Å². The first kappa shape index (κ1) is 21.5. The molecule has 6 heteroatoms. The van der Waals surface area contributed by atoms with E-state index in [0.29, 0.717) is 18.8 Å². The average molecular weight is 424 g/mol. The van der Waals surface area contributed by atoms with Crippen molar-refractivity contribution in [1.29, 1.82) is 0 Å². The monoisotopic (exact) mass is 423 g/mol. The molecule has 1 N–H and O–H groups in total. The smallest absolute Gasteiger partial charge is 0.222 e. The molecule has 2 aromatic rings. The predicted octanol–water partition coefficient (Wildman–Crippen LogP) is 3.88. The van der Waals surface area contributed by atoms with Gasteiger partial charge in [-0.05, 0) is 74.4 Å². The van der Waals surface area contributed by atoms with Gasteiger partial charge in [-0.15, -0.1) is 0 Å². The molecule has 2 aliphatic rings. The van der Waals surface area contributed by atoms with E-state index in [2.05, 4.69) is 17.4 Å². The van der Waals surface area contributed by atoms with E-state index in [4.69, 9.17) is 4.98 Å². The highest BCUT2D eigenvalue weighted by molar-refractivity contribution is 5.79. The minimum atomic E-state index is -0.218. The second-order valence-corrected chi connectivity index (χ2v) is 8.84. The largest absolute Gasteiger partial charge is 0.353 e. The zero-order valence-corrected chi connectivity index (χ0v) is 18.1. The van der Waals surface area contributed by atoms with Gasteiger partial charge in [0.25, 0.3) is 0 Å². The highest BCUT2D eigenvalue weighted by Gasteiger charge is 2.26. The van der Waals surface area contributed by atoms with Gasteiger partial charge in [0.05, 0.1) is 0 Å². The van der Waals surface area contributed by atoms with Crippen molar-refractivity contribution in [2.75, 3.05) is 13.1 Å². The molecule has 3 heterocycles. The predicted molar refractivity (Wildman–Crippen MR) is 117 cm³/mol. The third-order valence-corrected chi connectivity index (χ3v) is 6.41. The molecule has 0 aliphatic carbocycles. The number of rotatable bonds is 6. The maximum atomic E-state index is 13.2. The maximum absolute atomic E-state index is 13.2. The molecule has 0 spiro atoms. The van der Waals surface area contributed by atoms with Gasteiger partial charge >= 0.3 is 0 Å². The number of piperidine rings is 1. The van der Waals surface area contributed by atoms with E-state index in [1.807, 2.05) is 24.0 Å². The number of nitrogens with zero attached hydrogens (tertiary/aromatic N) is 2. The summed E-state index contributed by atoms with van der Waals surface area (Å²) in [6.45, 7) is 3.52. The Hall–Kier alpha value is -2.76. The quantitative estimate of drug-likeness (QED) is 0.767. The Labute approximate surface area is 183 Å². The molecular weight excluding hydrogens is 393 g/mol. The topological polar surface area (TPSA) is 62.3 Å². The van der Waals surface area contributed by atoms with Crippen molar-refractivity contribution in [3.05, 3.63) is 64.7 Å². The standard InChI is InChI=1S/C25H30FN3O2/c1-17-14-19(15-18-2-4-21(26)5-3-18)16-23(27-17)20-10-12-29(13-11-20)25(31)9-7-22-6-8-24(30)28-22/h2-5,14,16,20,22H,6-13,15H2,1H3,(H,28,30)/t22-/m0/s1. The number of pyridine rings is 1. The van der Waals surface area contributed by atoms with Gasteiger partial charge in [-0.3, -0.25) is 14.6 Å². The van der Waals surface area contributed by atoms with Gasteiger partial charge in [0.1, 0.15) is 5.82 Å². The van der Waals surface area contributed by atoms with Crippen LogP contribution in [0.2, 0.25) is 0 Å². The molecule has 1 aromatic carbocycles. The molecule has 31 heavy (non-hydrogen) atoms. The molecule has 0 radical (unpaired) electrons. The molecule has 0 bridgehead atoms. The summed E-state index contributed by atoms with van der Waals surface area (Å²) in [7, 11) is 0. The molecule has 0 saturated carbocycles. The second-order valence-electron chi connectivity index (χ2n) is 8.84. The van der Waals surface area contributed by atoms with E-state index >= 15 is 0 Å². The first-order valence-corrected chi connectivity index (χ1v) is 11.3. The van der Waals surface area contributed by atoms with Crippen molar-refractivity contribution >= 4 is 11.8 Å². The number of carbonyl (C=O) groups is 2. The number of benzene rings is 1. The molecule has 4 rings (SSSR count). The van der Waals surface area contributed by atoms with E-state index in [0.717, 1.165) is 62.1 Å². The average Bonchev–Trinajstić information content (AvgIpc) is 3.18. The Bertz CT molecular complexity index is 936. The molecule has 2 fully saturated rings. The van der Waals surface area contributed by atoms with Crippen molar-refractivity contribution in [2.24, 2.45) is 0 Å². The fraction of sp³-hybridized carbons (Fsp3) is 0.480. The molecule has 2 aliphatic heterocycles. The zero-order valence-electron chi connectivity index (χ0n) is 18.1. The molecule has 2 saturated heterocycles. The lowest BCUT2D eigenvalue weighted by Gasteiger charge is -2.32. The number of aromatic nitrogens is 1. The molecule has 5 nitrogen and oxygen atoms in total. The number of carbonyl (C=O) groups excluding carboxylic acids is 2. The van der Waals surface area contributed by atoms with Crippen LogP contribution in [0.5, 0.6) is 0 Å². The number of aryl methyl sites for hydroxylation is 1. The fourth-order valence-electron chi connectivity index (χ4n) is 4.69. The van der Waals surface area contributed by atoms with Crippen molar-refractivity contribution in [2.45, 2.75) is 63.8 Å². The van der Waals surface area contributed by atoms with E-state index in [-0.39, 0.29) is 23.7 Å². The van der Waals surface area contributed by atoms with Crippen LogP contribution in [0.25, 0.3) is 0 Å². The Kier molecular flexibility index (Phi) is 6.64. The Morgan fingerprint density at radius 3 is 2.55 bits per heavy atom. The third-order valence-electron chi connectivity index (χ3n) is 6.41. The van der Waals surface area contributed by atoms with Crippen LogP contribution in [0.4, 0.5) is 4.39 Å². The third kappa shape index (κ3) is 5.69. The summed E-state index contributed by atoms with van der Waals surface area (Å²) < 4.78 is 13.2. The maximum Gasteiger partial charge on any atom is 0.222 e. The molecular formula is C25H30FN3O2. The number of likely N-dealkylation sites (tertiary alicyclic amines) is 1. The van der Waals surface area contributed by atoms with Crippen LogP contribution in [-0.2, 0) is 16.0 Å². The van der Waals surface area contributed by atoms with Gasteiger partial charge in [0.15, 0.2) is 0 Å². The molecule has 0 unspecified atom stereocenters. The first-order valence-electron chi connectivity index (χ1n) is 11.3. The Morgan fingerprint density at radius 1 is 1.13 bits per heavy atom. The van der Waals surface area contributed by atoms with Crippen LogP contribution in [-0.4, -0.2) is 40.8 Å². The van der Waals surface area contributed by atoms with Crippen molar-refractivity contribution < 1.29 is 14.0 Å². The number of halogens is 1. The van der Waals surface area contributed by atoms with Crippen molar-refractivity contribution in [3.63, 3.8) is 0 Å². The van der Waals surface area contributed by atoms with Crippen LogP contribution >= 0.6 is 0 Å². The summed E-state index contributed by atoms with van der Waals surface area (Å²) in [4.78, 5) is 30.6. The van der Waals surface area contributed by atoms with E-state index in [1.165, 1.54) is 17.7 Å². The highest BCUT2D eigenvalue weighted by atomic mass is 19.1. The van der Waals surface area contributed by atoms with Gasteiger partial charge in [-0.1, -0.05) is 12.1 Å². The number of hydrogen-bond donors (Lipinski definition) is 1. The molecule has 164 valence electrons. The van der Waals surface area contributed by atoms with Gasteiger partial charge in [0.2, 0.25) is 11.8 Å². The summed E-state index contributed by atoms with van der Waals surface area (Å²) in [5.41, 5.74) is 4.35. The van der Waals surface area contributed by atoms with Gasteiger partial charge in [-0.25, -0.2) is 4.39 Å². The second kappa shape index (κ2) is 9.58. The number of amides is 2. The van der Waals surface area contributed by atoms with Crippen molar-refractivity contribution in [1.82, 2.24) is 15.2 Å². The lowest BCUT2D eigenvalue weighted by atomic mass is 9.91. The van der Waals surface area contributed by atoms with Crippen molar-refractivity contribution in [3.8, 4) is 0 Å². The minimum Gasteiger partial charge on any atom is -0.353 e. The number of nitrogens with one attached hydrogen (secondary N) is 1. The highest BCUT2D eigenvalue weighted by Crippen LogP contribution is 2.29. The Morgan fingerprint density at radius 2 is 1.87 bits per heavy atom. The summed E-state index contributed by atoms with van der Waals surface area (Å²) in [6, 6.07) is 11.1. The van der Waals surface area contributed by atoms with Crippen LogP contribution in [0, 0.1) is 12.7 Å². The SMILES string of the molecule is Cc1cc(Cc2ccc(F)cc2)cc(C2CCN(C(=O)CC[C@@H]3CCC(=O)N3)CC2)n1. The van der Waals surface area contributed by atoms with E-state index < -0.39 is 0 Å². The zero-order chi connectivity index (χ0) is 21.8. The number of hydrogen-bond acceptors (Lipinski definition) is 3. The lowest BCUT2D eigenvalue weighted by Crippen LogP contribution is -2.38. The molecule has 1 aromatic heterocycles. The Balaban J connectivity index is 1.31. The van der Waals surface area contributed by atoms with Gasteiger partial charge in [0, 0.05) is 49.3 Å². The first-order chi connectivity index (χ1) is 15.0. The van der Waals surface area contributed by atoms with Crippen LogP contribution in [0.15, 0.2) is 36.4 Å². The van der Waals surface area contributed by atoms with Crippen LogP contribution in [0.3, 0.4) is 0 Å². The summed E-state index contributed by atoms with van der Waals surface area (Å²) in [5, 5.41) is 2.93. The summed E-state index contributed by atoms with van der Waals surface area (Å²) in [5.74, 6) is 0.422. The van der Waals surface area contributed by atoms with E-state index in [1.54, 1.807) is 0 Å². The minimum absolute atomic E-state index is 0.0997.